The number of carbonyl (C=O) groups is 1. The van der Waals surface area contributed by atoms with Crippen LogP contribution in [0.3, 0.4) is 0 Å². The first-order valence-corrected chi connectivity index (χ1v) is 8.74. The van der Waals surface area contributed by atoms with Crippen molar-refractivity contribution in [1.29, 1.82) is 0 Å². The van der Waals surface area contributed by atoms with Crippen molar-refractivity contribution in [2.24, 2.45) is 0 Å². The number of nitrogens with zero attached hydrogens (tertiary/aromatic N) is 1. The maximum Gasteiger partial charge on any atom is 0.319 e. The number of ether oxygens (including phenoxy) is 1. The second-order valence-corrected chi connectivity index (χ2v) is 6.24. The molecule has 3 rings (SSSR count). The van der Waals surface area contributed by atoms with Crippen molar-refractivity contribution in [2.45, 2.75) is 13.3 Å². The van der Waals surface area contributed by atoms with Gasteiger partial charge in [-0.1, -0.05) is 42.0 Å². The second kappa shape index (κ2) is 8.53. The van der Waals surface area contributed by atoms with Crippen LogP contribution in [-0.4, -0.2) is 38.9 Å². The summed E-state index contributed by atoms with van der Waals surface area (Å²) in [5.41, 5.74) is 4.34. The summed E-state index contributed by atoms with van der Waals surface area (Å²) in [7, 11) is 0. The number of hydrogen-bond donors (Lipinski definition) is 2. The summed E-state index contributed by atoms with van der Waals surface area (Å²) in [5.74, 6) is 0. The maximum absolute atomic E-state index is 12.2. The fraction of sp³-hybridized carbons (Fsp3) is 0.350. The predicted octanol–water partition coefficient (Wildman–Crippen LogP) is 3.20. The Balaban J connectivity index is 1.54. The van der Waals surface area contributed by atoms with Crippen molar-refractivity contribution >= 4 is 17.4 Å². The number of urea groups is 1. The molecule has 0 aliphatic carbocycles. The van der Waals surface area contributed by atoms with Crippen LogP contribution in [0.5, 0.6) is 0 Å². The van der Waals surface area contributed by atoms with Gasteiger partial charge >= 0.3 is 6.03 Å². The molecule has 1 aliphatic rings. The lowest BCUT2D eigenvalue weighted by Crippen LogP contribution is -2.37. The van der Waals surface area contributed by atoms with E-state index in [0.29, 0.717) is 6.54 Å². The third-order valence-electron chi connectivity index (χ3n) is 4.29. The molecule has 0 radical (unpaired) electrons. The van der Waals surface area contributed by atoms with Gasteiger partial charge < -0.3 is 20.3 Å². The zero-order valence-electron chi connectivity index (χ0n) is 14.6. The highest BCUT2D eigenvalue weighted by molar-refractivity contribution is 5.93. The van der Waals surface area contributed by atoms with Crippen LogP contribution in [-0.2, 0) is 11.2 Å². The number of benzene rings is 2. The van der Waals surface area contributed by atoms with Gasteiger partial charge in [-0.05, 0) is 31.0 Å². The van der Waals surface area contributed by atoms with Gasteiger partial charge in [0, 0.05) is 19.6 Å². The van der Waals surface area contributed by atoms with E-state index in [-0.39, 0.29) is 6.03 Å². The molecule has 1 saturated heterocycles. The summed E-state index contributed by atoms with van der Waals surface area (Å²) in [6.45, 7) is 5.80. The van der Waals surface area contributed by atoms with Crippen LogP contribution >= 0.6 is 0 Å². The quantitative estimate of drug-likeness (QED) is 0.879. The predicted molar refractivity (Wildman–Crippen MR) is 101 cm³/mol. The van der Waals surface area contributed by atoms with E-state index < -0.39 is 0 Å². The molecule has 2 aromatic carbocycles. The molecule has 132 valence electrons. The number of morpholine rings is 1. The van der Waals surface area contributed by atoms with Crippen molar-refractivity contribution in [2.75, 3.05) is 43.1 Å². The molecule has 0 atom stereocenters. The fourth-order valence-electron chi connectivity index (χ4n) is 3.01. The number of nitrogens with one attached hydrogen (secondary N) is 2. The van der Waals surface area contributed by atoms with E-state index in [2.05, 4.69) is 40.7 Å². The van der Waals surface area contributed by atoms with Gasteiger partial charge in [0.05, 0.1) is 24.6 Å². The van der Waals surface area contributed by atoms with Crippen LogP contribution in [0, 0.1) is 6.92 Å². The van der Waals surface area contributed by atoms with E-state index in [9.17, 15) is 4.79 Å². The van der Waals surface area contributed by atoms with Crippen molar-refractivity contribution in [3.63, 3.8) is 0 Å². The minimum Gasteiger partial charge on any atom is -0.378 e. The maximum atomic E-state index is 12.2. The van der Waals surface area contributed by atoms with Crippen molar-refractivity contribution < 1.29 is 9.53 Å². The number of aryl methyl sites for hydroxylation is 1. The summed E-state index contributed by atoms with van der Waals surface area (Å²) >= 11 is 0. The number of anilines is 2. The van der Waals surface area contributed by atoms with Gasteiger partial charge in [0.25, 0.3) is 0 Å². The molecule has 0 spiro atoms. The summed E-state index contributed by atoms with van der Waals surface area (Å²) in [5, 5.41) is 5.91. The van der Waals surface area contributed by atoms with E-state index in [1.165, 1.54) is 11.1 Å². The largest absolute Gasteiger partial charge is 0.378 e. The van der Waals surface area contributed by atoms with Gasteiger partial charge in [-0.2, -0.15) is 0 Å². The normalized spacial score (nSPS) is 14.2. The lowest BCUT2D eigenvalue weighted by molar-refractivity contribution is 0.123. The topological polar surface area (TPSA) is 53.6 Å². The summed E-state index contributed by atoms with van der Waals surface area (Å²) in [6.07, 6.45) is 0.820. The first kappa shape index (κ1) is 17.3. The molecule has 0 aromatic heterocycles. The first-order chi connectivity index (χ1) is 12.2. The van der Waals surface area contributed by atoms with Crippen LogP contribution in [0.4, 0.5) is 16.2 Å². The van der Waals surface area contributed by atoms with Gasteiger partial charge in [0.15, 0.2) is 0 Å². The smallest absolute Gasteiger partial charge is 0.319 e. The summed E-state index contributed by atoms with van der Waals surface area (Å²) < 4.78 is 5.40. The van der Waals surface area contributed by atoms with E-state index in [0.717, 1.165) is 44.1 Å². The van der Waals surface area contributed by atoms with Crippen molar-refractivity contribution in [1.82, 2.24) is 5.32 Å². The minimum atomic E-state index is -0.173. The molecule has 5 heteroatoms. The van der Waals surface area contributed by atoms with E-state index in [1.807, 2.05) is 30.3 Å². The van der Waals surface area contributed by atoms with E-state index >= 15 is 0 Å². The molecule has 0 bridgehead atoms. The van der Waals surface area contributed by atoms with Crippen LogP contribution in [0.1, 0.15) is 11.1 Å². The molecule has 0 unspecified atom stereocenters. The lowest BCUT2D eigenvalue weighted by atomic mass is 10.1. The molecule has 0 saturated carbocycles. The number of hydrogen-bond acceptors (Lipinski definition) is 3. The Bertz CT molecular complexity index is 712. The molecule has 25 heavy (non-hydrogen) atoms. The number of para-hydroxylation sites is 2. The fourth-order valence-corrected chi connectivity index (χ4v) is 3.01. The van der Waals surface area contributed by atoms with Gasteiger partial charge in [-0.3, -0.25) is 0 Å². The average Bonchev–Trinajstić information content (AvgIpc) is 2.63. The Morgan fingerprint density at radius 2 is 1.92 bits per heavy atom. The first-order valence-electron chi connectivity index (χ1n) is 8.74. The Kier molecular flexibility index (Phi) is 5.90. The summed E-state index contributed by atoms with van der Waals surface area (Å²) in [4.78, 5) is 14.5. The van der Waals surface area contributed by atoms with Crippen LogP contribution in [0.15, 0.2) is 48.5 Å². The molecular weight excluding hydrogens is 314 g/mol. The molecule has 1 aliphatic heterocycles. The van der Waals surface area contributed by atoms with Crippen LogP contribution in [0.25, 0.3) is 0 Å². The minimum absolute atomic E-state index is 0.173. The van der Waals surface area contributed by atoms with Crippen molar-refractivity contribution in [3.8, 4) is 0 Å². The summed E-state index contributed by atoms with van der Waals surface area (Å²) in [6, 6.07) is 16.1. The standard InChI is InChI=1S/C20H25N3O2/c1-16-5-4-6-17(15-16)9-10-21-20(24)22-18-7-2-3-8-19(18)23-11-13-25-14-12-23/h2-8,15H,9-14H2,1H3,(H2,21,22,24). The molecule has 1 heterocycles. The number of carbonyl (C=O) groups excluding carboxylic acids is 1. The Hall–Kier alpha value is -2.53. The van der Waals surface area contributed by atoms with Crippen LogP contribution in [0.2, 0.25) is 0 Å². The average molecular weight is 339 g/mol. The third kappa shape index (κ3) is 4.97. The Morgan fingerprint density at radius 1 is 1.12 bits per heavy atom. The van der Waals surface area contributed by atoms with Crippen molar-refractivity contribution in [3.05, 3.63) is 59.7 Å². The van der Waals surface area contributed by atoms with Gasteiger partial charge in [0.2, 0.25) is 0 Å². The monoisotopic (exact) mass is 339 g/mol. The number of amides is 2. The SMILES string of the molecule is Cc1cccc(CCNC(=O)Nc2ccccc2N2CCOCC2)c1. The highest BCUT2D eigenvalue weighted by Crippen LogP contribution is 2.26. The third-order valence-corrected chi connectivity index (χ3v) is 4.29. The van der Waals surface area contributed by atoms with E-state index in [4.69, 9.17) is 4.74 Å². The highest BCUT2D eigenvalue weighted by Gasteiger charge is 2.15. The van der Waals surface area contributed by atoms with E-state index in [1.54, 1.807) is 0 Å². The second-order valence-electron chi connectivity index (χ2n) is 6.24. The zero-order valence-corrected chi connectivity index (χ0v) is 14.6. The van der Waals surface area contributed by atoms with Gasteiger partial charge in [-0.25, -0.2) is 4.79 Å². The number of rotatable bonds is 5. The molecular formula is C20H25N3O2. The molecule has 2 N–H and O–H groups in total. The Labute approximate surface area is 149 Å². The molecule has 2 aromatic rings. The molecule has 2 amide bonds. The van der Waals surface area contributed by atoms with Gasteiger partial charge in [-0.15, -0.1) is 0 Å². The van der Waals surface area contributed by atoms with Gasteiger partial charge in [0.1, 0.15) is 0 Å². The lowest BCUT2D eigenvalue weighted by Gasteiger charge is -2.30. The molecule has 1 fully saturated rings. The van der Waals surface area contributed by atoms with Crippen LogP contribution < -0.4 is 15.5 Å². The zero-order chi connectivity index (χ0) is 17.5. The highest BCUT2D eigenvalue weighted by atomic mass is 16.5. The molecule has 5 nitrogen and oxygen atoms in total. The Morgan fingerprint density at radius 3 is 2.72 bits per heavy atom.